The van der Waals surface area contributed by atoms with Gasteiger partial charge in [-0.2, -0.15) is 12.6 Å². The van der Waals surface area contributed by atoms with Crippen LogP contribution in [0.2, 0.25) is 0 Å². The summed E-state index contributed by atoms with van der Waals surface area (Å²) in [7, 11) is 0. The van der Waals surface area contributed by atoms with Gasteiger partial charge in [-0.25, -0.2) is 0 Å². The van der Waals surface area contributed by atoms with E-state index < -0.39 is 0 Å². The minimum atomic E-state index is 0.109. The van der Waals surface area contributed by atoms with Crippen molar-refractivity contribution in [3.05, 3.63) is 94.0 Å². The first-order valence-electron chi connectivity index (χ1n) is 15.6. The minimum Gasteiger partial charge on any atom is -0.399 e. The Bertz CT molecular complexity index is 1370. The summed E-state index contributed by atoms with van der Waals surface area (Å²) < 4.78 is 0. The van der Waals surface area contributed by atoms with Crippen LogP contribution in [0, 0.1) is 5.92 Å². The Balaban J connectivity index is 0.000000595. The van der Waals surface area contributed by atoms with Crippen LogP contribution in [0.5, 0.6) is 0 Å². The van der Waals surface area contributed by atoms with Gasteiger partial charge in [0.2, 0.25) is 0 Å². The van der Waals surface area contributed by atoms with E-state index in [1.807, 2.05) is 0 Å². The number of hydrogen-bond acceptors (Lipinski definition) is 3. The molecule has 0 aromatic heterocycles. The molecule has 0 spiro atoms. The van der Waals surface area contributed by atoms with Crippen molar-refractivity contribution < 1.29 is 0 Å². The SMILES string of the molecule is CC1=Nc2cc(C3=C(c4ccc(CC5CCCC5)cc4)c4ccc(N)cc4CCC3)ccc2C1S.CCCCC. The monoisotopic (exact) mass is 550 g/mol. The lowest BCUT2D eigenvalue weighted by molar-refractivity contribution is 0.546. The fourth-order valence-electron chi connectivity index (χ4n) is 6.67. The molecule has 6 rings (SSSR count). The number of anilines is 1. The molecule has 1 heterocycles. The lowest BCUT2D eigenvalue weighted by atomic mass is 9.86. The molecule has 40 heavy (non-hydrogen) atoms. The first-order valence-corrected chi connectivity index (χ1v) is 16.1. The first kappa shape index (κ1) is 28.7. The zero-order valence-electron chi connectivity index (χ0n) is 24.7. The maximum Gasteiger partial charge on any atom is 0.0682 e. The molecule has 3 aromatic rings. The number of unbranched alkanes of at least 4 members (excludes halogenated alkanes) is 2. The molecule has 2 N–H and O–H groups in total. The summed E-state index contributed by atoms with van der Waals surface area (Å²) in [6.07, 6.45) is 14.1. The molecular formula is C37H46N2S. The second-order valence-electron chi connectivity index (χ2n) is 12.0. The summed E-state index contributed by atoms with van der Waals surface area (Å²) >= 11 is 4.76. The Kier molecular flexibility index (Phi) is 9.52. The number of aryl methyl sites for hydroxylation is 1. The number of nitrogens with zero attached hydrogens (tertiary/aromatic N) is 1. The van der Waals surface area contributed by atoms with E-state index in [-0.39, 0.29) is 5.25 Å². The molecule has 3 aliphatic rings. The van der Waals surface area contributed by atoms with Gasteiger partial charge in [0, 0.05) is 11.4 Å². The van der Waals surface area contributed by atoms with Gasteiger partial charge in [0.1, 0.15) is 0 Å². The van der Waals surface area contributed by atoms with Crippen LogP contribution in [-0.4, -0.2) is 5.71 Å². The third-order valence-corrected chi connectivity index (χ3v) is 9.54. The van der Waals surface area contributed by atoms with Gasteiger partial charge in [0.15, 0.2) is 0 Å². The zero-order chi connectivity index (χ0) is 28.1. The van der Waals surface area contributed by atoms with Crippen molar-refractivity contribution in [2.75, 3.05) is 5.73 Å². The van der Waals surface area contributed by atoms with E-state index >= 15 is 0 Å². The summed E-state index contributed by atoms with van der Waals surface area (Å²) in [5.74, 6) is 0.864. The molecule has 0 amide bonds. The minimum absolute atomic E-state index is 0.109. The Morgan fingerprint density at radius 1 is 0.850 bits per heavy atom. The smallest absolute Gasteiger partial charge is 0.0682 e. The normalized spacial score (nSPS) is 18.5. The molecule has 1 atom stereocenters. The molecule has 2 nitrogen and oxygen atoms in total. The summed E-state index contributed by atoms with van der Waals surface area (Å²) in [5.41, 5.74) is 19.9. The van der Waals surface area contributed by atoms with Gasteiger partial charge in [0.25, 0.3) is 0 Å². The Labute approximate surface area is 247 Å². The fourth-order valence-corrected chi connectivity index (χ4v) is 6.95. The molecule has 3 heteroatoms. The molecule has 2 aliphatic carbocycles. The second-order valence-corrected chi connectivity index (χ2v) is 12.5. The van der Waals surface area contributed by atoms with E-state index in [1.54, 1.807) is 0 Å². The molecule has 210 valence electrons. The molecule has 1 saturated carbocycles. The van der Waals surface area contributed by atoms with Crippen LogP contribution in [-0.2, 0) is 12.8 Å². The predicted molar refractivity (Wildman–Crippen MR) is 178 cm³/mol. The Morgan fingerprint density at radius 2 is 1.57 bits per heavy atom. The average molecular weight is 551 g/mol. The molecule has 1 fully saturated rings. The third-order valence-electron chi connectivity index (χ3n) is 8.89. The van der Waals surface area contributed by atoms with Crippen LogP contribution in [0.3, 0.4) is 0 Å². The largest absolute Gasteiger partial charge is 0.399 e. The summed E-state index contributed by atoms with van der Waals surface area (Å²) in [6, 6.07) is 22.7. The highest BCUT2D eigenvalue weighted by Crippen LogP contribution is 2.44. The van der Waals surface area contributed by atoms with Gasteiger partial charge in [-0.15, -0.1) is 0 Å². The first-order chi connectivity index (χ1) is 19.5. The number of allylic oxidation sites excluding steroid dienone is 1. The summed E-state index contributed by atoms with van der Waals surface area (Å²) in [5, 5.41) is 0.109. The van der Waals surface area contributed by atoms with Gasteiger partial charge in [-0.3, -0.25) is 4.99 Å². The third kappa shape index (κ3) is 6.41. The van der Waals surface area contributed by atoms with Gasteiger partial charge in [-0.1, -0.05) is 101 Å². The molecule has 1 aliphatic heterocycles. The van der Waals surface area contributed by atoms with Crippen molar-refractivity contribution in [1.29, 1.82) is 0 Å². The van der Waals surface area contributed by atoms with Crippen molar-refractivity contribution in [1.82, 2.24) is 0 Å². The van der Waals surface area contributed by atoms with Gasteiger partial charge >= 0.3 is 0 Å². The van der Waals surface area contributed by atoms with Gasteiger partial charge < -0.3 is 5.73 Å². The lowest BCUT2D eigenvalue weighted by Gasteiger charge is -2.18. The highest BCUT2D eigenvalue weighted by atomic mass is 32.1. The maximum atomic E-state index is 6.21. The fraction of sp³-hybridized carbons (Fsp3) is 0.432. The number of nitrogen functional groups attached to an aromatic ring is 1. The van der Waals surface area contributed by atoms with Crippen molar-refractivity contribution in [3.8, 4) is 0 Å². The van der Waals surface area contributed by atoms with E-state index in [9.17, 15) is 0 Å². The van der Waals surface area contributed by atoms with Crippen LogP contribution in [0.4, 0.5) is 11.4 Å². The molecule has 0 saturated heterocycles. The number of fused-ring (bicyclic) bond motifs is 2. The number of nitrogens with two attached hydrogens (primary N) is 1. The molecule has 3 aromatic carbocycles. The maximum absolute atomic E-state index is 6.21. The lowest BCUT2D eigenvalue weighted by Crippen LogP contribution is -2.00. The van der Waals surface area contributed by atoms with Crippen LogP contribution < -0.4 is 5.73 Å². The molecule has 1 unspecified atom stereocenters. The van der Waals surface area contributed by atoms with Gasteiger partial charge in [-0.05, 0) is 101 Å². The van der Waals surface area contributed by atoms with Crippen molar-refractivity contribution in [2.45, 2.75) is 96.7 Å². The second kappa shape index (κ2) is 13.3. The van der Waals surface area contributed by atoms with Crippen LogP contribution in [0.15, 0.2) is 65.7 Å². The average Bonchev–Trinajstić information content (AvgIpc) is 3.51. The van der Waals surface area contributed by atoms with E-state index in [1.165, 1.54) is 95.9 Å². The standard InChI is InChI=1S/C32H34N2S.C5H12/c1-20-32(35)29-15-13-25(19-30(29)34-20)27-8-4-7-24-18-26(33)14-16-28(24)31(27)23-11-9-22(10-12-23)17-21-5-2-3-6-21;1-3-5-4-2/h9-16,18-19,21,32,35H,2-8,17,33H2,1H3;3-5H2,1-2H3. The van der Waals surface area contributed by atoms with E-state index in [2.05, 4.69) is 81.4 Å². The molecular weight excluding hydrogens is 504 g/mol. The topological polar surface area (TPSA) is 38.4 Å². The quantitative estimate of drug-likeness (QED) is 0.232. The highest BCUT2D eigenvalue weighted by Gasteiger charge is 2.24. The Hall–Kier alpha value is -2.78. The number of hydrogen-bond donors (Lipinski definition) is 2. The molecule has 0 radical (unpaired) electrons. The van der Waals surface area contributed by atoms with E-state index in [0.29, 0.717) is 0 Å². The van der Waals surface area contributed by atoms with Crippen LogP contribution in [0.1, 0.15) is 117 Å². The molecule has 0 bridgehead atoms. The van der Waals surface area contributed by atoms with Crippen molar-refractivity contribution in [2.24, 2.45) is 10.9 Å². The summed E-state index contributed by atoms with van der Waals surface area (Å²) in [6.45, 7) is 6.49. The van der Waals surface area contributed by atoms with E-state index in [4.69, 9.17) is 23.4 Å². The highest BCUT2D eigenvalue weighted by molar-refractivity contribution is 7.81. The number of thiol groups is 1. The van der Waals surface area contributed by atoms with Crippen molar-refractivity contribution >= 4 is 40.9 Å². The van der Waals surface area contributed by atoms with Crippen molar-refractivity contribution in [3.63, 3.8) is 0 Å². The zero-order valence-corrected chi connectivity index (χ0v) is 25.6. The summed E-state index contributed by atoms with van der Waals surface area (Å²) in [4.78, 5) is 4.83. The number of benzene rings is 3. The van der Waals surface area contributed by atoms with Crippen LogP contribution >= 0.6 is 12.6 Å². The van der Waals surface area contributed by atoms with Crippen LogP contribution in [0.25, 0.3) is 11.1 Å². The van der Waals surface area contributed by atoms with Gasteiger partial charge in [0.05, 0.1) is 10.9 Å². The van der Waals surface area contributed by atoms with E-state index in [0.717, 1.165) is 42.3 Å². The number of aliphatic imine (C=N–C) groups is 1. The Morgan fingerprint density at radius 3 is 2.27 bits per heavy atom. The number of rotatable bonds is 6. The predicted octanol–water partition coefficient (Wildman–Crippen LogP) is 10.6.